The summed E-state index contributed by atoms with van der Waals surface area (Å²) in [6.45, 7) is 5.44. The first-order valence-electron chi connectivity index (χ1n) is 12.0. The summed E-state index contributed by atoms with van der Waals surface area (Å²) in [6.07, 6.45) is 6.04. The lowest BCUT2D eigenvalue weighted by Crippen LogP contribution is -2.53. The Kier molecular flexibility index (Phi) is 6.98. The molecule has 0 radical (unpaired) electrons. The van der Waals surface area contributed by atoms with Gasteiger partial charge in [0.05, 0.1) is 22.7 Å². The summed E-state index contributed by atoms with van der Waals surface area (Å²) in [5.74, 6) is -0.801. The second-order valence-corrected chi connectivity index (χ2v) is 11.3. The van der Waals surface area contributed by atoms with Crippen LogP contribution in [0.4, 0.5) is 11.4 Å². The Morgan fingerprint density at radius 1 is 1.03 bits per heavy atom. The molecular formula is C26H33N3O4S. The number of nitrogens with one attached hydrogen (secondary N) is 2. The van der Waals surface area contributed by atoms with Gasteiger partial charge >= 0.3 is 0 Å². The van der Waals surface area contributed by atoms with Gasteiger partial charge in [0.15, 0.2) is 0 Å². The predicted octanol–water partition coefficient (Wildman–Crippen LogP) is 4.36. The topological polar surface area (TPSA) is 95.6 Å². The highest BCUT2D eigenvalue weighted by Crippen LogP contribution is 2.38. The highest BCUT2D eigenvalue weighted by Gasteiger charge is 2.43. The molecule has 2 N–H and O–H groups in total. The van der Waals surface area contributed by atoms with Gasteiger partial charge in [-0.15, -0.1) is 0 Å². The van der Waals surface area contributed by atoms with Gasteiger partial charge in [-0.05, 0) is 56.9 Å². The Balaban J connectivity index is 1.72. The molecule has 0 spiro atoms. The second-order valence-electron chi connectivity index (χ2n) is 9.51. The second kappa shape index (κ2) is 9.78. The van der Waals surface area contributed by atoms with Crippen molar-refractivity contribution in [2.45, 2.75) is 82.7 Å². The molecule has 1 saturated carbocycles. The number of aryl methyl sites for hydroxylation is 3. The molecule has 1 fully saturated rings. The molecule has 182 valence electrons. The van der Waals surface area contributed by atoms with Crippen molar-refractivity contribution in [3.05, 3.63) is 53.1 Å². The van der Waals surface area contributed by atoms with E-state index in [-0.39, 0.29) is 23.3 Å². The van der Waals surface area contributed by atoms with Gasteiger partial charge in [0.1, 0.15) is 6.04 Å². The van der Waals surface area contributed by atoms with Gasteiger partial charge in [0.2, 0.25) is 11.8 Å². The lowest BCUT2D eigenvalue weighted by atomic mass is 10.1. The summed E-state index contributed by atoms with van der Waals surface area (Å²) >= 11 is 0. The smallest absolute Gasteiger partial charge is 0.265 e. The quantitative estimate of drug-likeness (QED) is 0.618. The van der Waals surface area contributed by atoms with Gasteiger partial charge in [-0.3, -0.25) is 13.9 Å². The summed E-state index contributed by atoms with van der Waals surface area (Å²) in [5, 5.41) is 5.85. The van der Waals surface area contributed by atoms with Gasteiger partial charge in [0.25, 0.3) is 10.0 Å². The van der Waals surface area contributed by atoms with Crippen molar-refractivity contribution < 1.29 is 18.0 Å². The summed E-state index contributed by atoms with van der Waals surface area (Å²) < 4.78 is 29.3. The first kappa shape index (κ1) is 24.3. The molecule has 2 amide bonds. The maximum Gasteiger partial charge on any atom is 0.265 e. The number of nitrogens with zero attached hydrogens (tertiary/aromatic N) is 1. The van der Waals surface area contributed by atoms with Crippen LogP contribution in [0.2, 0.25) is 0 Å². The van der Waals surface area contributed by atoms with Crippen molar-refractivity contribution in [3.8, 4) is 0 Å². The van der Waals surface area contributed by atoms with Crippen molar-refractivity contribution in [1.82, 2.24) is 5.32 Å². The lowest BCUT2D eigenvalue weighted by molar-refractivity contribution is -0.125. The van der Waals surface area contributed by atoms with Crippen LogP contribution < -0.4 is 14.9 Å². The third-order valence-electron chi connectivity index (χ3n) is 6.71. The number of hydrogen-bond acceptors (Lipinski definition) is 4. The van der Waals surface area contributed by atoms with Crippen LogP contribution in [0.15, 0.2) is 41.3 Å². The van der Waals surface area contributed by atoms with Crippen molar-refractivity contribution in [1.29, 1.82) is 0 Å². The molecule has 0 unspecified atom stereocenters. The predicted molar refractivity (Wildman–Crippen MR) is 133 cm³/mol. The fraction of sp³-hybridized carbons (Fsp3) is 0.462. The Bertz CT molecular complexity index is 1180. The van der Waals surface area contributed by atoms with Crippen LogP contribution in [0.5, 0.6) is 0 Å². The number of sulfonamides is 1. The molecule has 8 heteroatoms. The number of benzene rings is 2. The molecule has 0 aromatic heterocycles. The molecule has 1 atom stereocenters. The van der Waals surface area contributed by atoms with Gasteiger partial charge in [-0.25, -0.2) is 8.42 Å². The van der Waals surface area contributed by atoms with Crippen LogP contribution in [0, 0.1) is 20.8 Å². The van der Waals surface area contributed by atoms with Crippen molar-refractivity contribution in [2.75, 3.05) is 9.62 Å². The molecule has 2 aromatic carbocycles. The fourth-order valence-corrected chi connectivity index (χ4v) is 7.34. The molecule has 1 aliphatic carbocycles. The number of anilines is 2. The highest BCUT2D eigenvalue weighted by atomic mass is 32.2. The van der Waals surface area contributed by atoms with Crippen LogP contribution in [0.3, 0.4) is 0 Å². The van der Waals surface area contributed by atoms with E-state index in [9.17, 15) is 18.0 Å². The number of para-hydroxylation sites is 2. The first-order valence-corrected chi connectivity index (χ1v) is 13.4. The summed E-state index contributed by atoms with van der Waals surface area (Å²) in [7, 11) is -4.13. The summed E-state index contributed by atoms with van der Waals surface area (Å²) in [6, 6.07) is 9.36. The molecule has 0 bridgehead atoms. The molecule has 1 heterocycles. The van der Waals surface area contributed by atoms with Crippen LogP contribution >= 0.6 is 0 Å². The maximum atomic E-state index is 14.1. The van der Waals surface area contributed by atoms with Crippen molar-refractivity contribution >= 4 is 33.2 Å². The highest BCUT2D eigenvalue weighted by molar-refractivity contribution is 7.93. The normalized spacial score (nSPS) is 19.2. The van der Waals surface area contributed by atoms with E-state index >= 15 is 0 Å². The van der Waals surface area contributed by atoms with Gasteiger partial charge < -0.3 is 10.6 Å². The summed E-state index contributed by atoms with van der Waals surface area (Å²) in [5.41, 5.74) is 2.97. The van der Waals surface area contributed by atoms with E-state index in [1.807, 2.05) is 19.1 Å². The van der Waals surface area contributed by atoms with Crippen LogP contribution in [0.25, 0.3) is 0 Å². The number of fused-ring (bicyclic) bond motifs is 1. The van der Waals surface area contributed by atoms with Gasteiger partial charge in [0, 0.05) is 6.04 Å². The number of rotatable bonds is 5. The Morgan fingerprint density at radius 2 is 1.65 bits per heavy atom. The van der Waals surface area contributed by atoms with E-state index in [0.717, 1.165) is 48.4 Å². The average Bonchev–Trinajstić information content (AvgIpc) is 3.01. The van der Waals surface area contributed by atoms with E-state index in [2.05, 4.69) is 10.6 Å². The van der Waals surface area contributed by atoms with Gasteiger partial charge in [-0.2, -0.15) is 0 Å². The zero-order valence-electron chi connectivity index (χ0n) is 20.1. The molecule has 2 aliphatic rings. The molecule has 34 heavy (non-hydrogen) atoms. The molecule has 2 aromatic rings. The van der Waals surface area contributed by atoms with E-state index in [1.165, 1.54) is 0 Å². The van der Waals surface area contributed by atoms with Crippen LogP contribution in [-0.4, -0.2) is 32.3 Å². The zero-order chi connectivity index (χ0) is 24.5. The Labute approximate surface area is 202 Å². The number of carbonyl (C=O) groups is 2. The third-order valence-corrected chi connectivity index (χ3v) is 8.83. The van der Waals surface area contributed by atoms with Crippen LogP contribution in [0.1, 0.15) is 61.6 Å². The molecule has 0 saturated heterocycles. The Morgan fingerprint density at radius 3 is 2.29 bits per heavy atom. The first-order chi connectivity index (χ1) is 16.2. The van der Waals surface area contributed by atoms with Crippen LogP contribution in [-0.2, 0) is 19.6 Å². The minimum atomic E-state index is -4.13. The zero-order valence-corrected chi connectivity index (χ0v) is 20.9. The average molecular weight is 484 g/mol. The molecular weight excluding hydrogens is 450 g/mol. The van der Waals surface area contributed by atoms with Crippen molar-refractivity contribution in [2.24, 2.45) is 0 Å². The van der Waals surface area contributed by atoms with Gasteiger partial charge in [-0.1, -0.05) is 55.5 Å². The van der Waals surface area contributed by atoms with E-state index in [1.54, 1.807) is 38.1 Å². The molecule has 7 nitrogen and oxygen atoms in total. The fourth-order valence-electron chi connectivity index (χ4n) is 5.29. The molecule has 1 aliphatic heterocycles. The van der Waals surface area contributed by atoms with E-state index < -0.39 is 22.0 Å². The largest absolute Gasteiger partial charge is 0.353 e. The third kappa shape index (κ3) is 4.82. The molecule has 4 rings (SSSR count). The number of amides is 2. The standard InChI is InChI=1S/C26H33N3O4S/c1-17-14-18(2)25(19(3)15-17)34(32,33)29-22-13-9-8-12-21(22)28-26(31)23(29)16-24(30)27-20-10-6-4-5-7-11-20/h8-9,12-15,20,23H,4-7,10-11,16H2,1-3H3,(H,27,30)(H,28,31)/t23-/m1/s1. The number of hydrogen-bond donors (Lipinski definition) is 2. The minimum absolute atomic E-state index is 0.0700. The summed E-state index contributed by atoms with van der Waals surface area (Å²) in [4.78, 5) is 26.4. The number of carbonyl (C=O) groups excluding carboxylic acids is 2. The van der Waals surface area contributed by atoms with E-state index in [0.29, 0.717) is 22.5 Å². The maximum absolute atomic E-state index is 14.1. The monoisotopic (exact) mass is 483 g/mol. The van der Waals surface area contributed by atoms with E-state index in [4.69, 9.17) is 0 Å². The Hall–Kier alpha value is -2.87. The lowest BCUT2D eigenvalue weighted by Gasteiger charge is -2.37. The van der Waals surface area contributed by atoms with Crippen molar-refractivity contribution in [3.63, 3.8) is 0 Å². The minimum Gasteiger partial charge on any atom is -0.353 e. The SMILES string of the molecule is Cc1cc(C)c(S(=O)(=O)N2c3ccccc3NC(=O)[C@H]2CC(=O)NC2CCCCCC2)c(C)c1.